The molecule has 2 heterocycles. The molecule has 7 nitrogen and oxygen atoms in total. The van der Waals surface area contributed by atoms with Gasteiger partial charge >= 0.3 is 6.03 Å². The predicted molar refractivity (Wildman–Crippen MR) is 99.4 cm³/mol. The average Bonchev–Trinajstić information content (AvgIpc) is 3.16. The number of carbonyl (C=O) groups excluding carboxylic acids is 2. The number of urea groups is 1. The summed E-state index contributed by atoms with van der Waals surface area (Å²) < 4.78 is 5.46. The molecule has 0 aliphatic carbocycles. The van der Waals surface area contributed by atoms with Gasteiger partial charge in [0.05, 0.1) is 11.7 Å². The van der Waals surface area contributed by atoms with Crippen molar-refractivity contribution in [1.29, 1.82) is 0 Å². The van der Waals surface area contributed by atoms with Gasteiger partial charge < -0.3 is 20.7 Å². The predicted octanol–water partition coefficient (Wildman–Crippen LogP) is 2.94. The van der Waals surface area contributed by atoms with Crippen molar-refractivity contribution in [3.05, 3.63) is 53.9 Å². The van der Waals surface area contributed by atoms with Crippen LogP contribution in [0.2, 0.25) is 0 Å². The smallest absolute Gasteiger partial charge is 0.319 e. The van der Waals surface area contributed by atoms with E-state index in [4.69, 9.17) is 4.74 Å². The number of carbonyl (C=O) groups is 2. The number of amides is 3. The van der Waals surface area contributed by atoms with Gasteiger partial charge in [-0.2, -0.15) is 0 Å². The summed E-state index contributed by atoms with van der Waals surface area (Å²) in [6, 6.07) is 10.2. The van der Waals surface area contributed by atoms with Gasteiger partial charge in [0.25, 0.3) is 5.91 Å². The molecular weight excluding hydrogens is 332 g/mol. The second-order valence-electron chi connectivity index (χ2n) is 6.19. The first kappa shape index (κ1) is 17.9. The molecule has 1 aromatic heterocycles. The number of aryl methyl sites for hydroxylation is 1. The molecule has 3 amide bonds. The number of hydrogen-bond donors (Lipinski definition) is 3. The molecule has 1 aliphatic rings. The molecule has 3 rings (SSSR count). The highest BCUT2D eigenvalue weighted by Crippen LogP contribution is 2.15. The molecule has 0 saturated carbocycles. The van der Waals surface area contributed by atoms with Crippen LogP contribution in [0.1, 0.15) is 28.9 Å². The third kappa shape index (κ3) is 5.03. The van der Waals surface area contributed by atoms with E-state index in [0.717, 1.165) is 25.1 Å². The average molecular weight is 354 g/mol. The number of rotatable bonds is 5. The lowest BCUT2D eigenvalue weighted by molar-refractivity contribution is 0.102. The summed E-state index contributed by atoms with van der Waals surface area (Å²) >= 11 is 0. The van der Waals surface area contributed by atoms with Crippen molar-refractivity contribution in [2.24, 2.45) is 0 Å². The zero-order chi connectivity index (χ0) is 18.4. The van der Waals surface area contributed by atoms with Crippen molar-refractivity contribution in [3.63, 3.8) is 0 Å². The largest absolute Gasteiger partial charge is 0.376 e. The topological polar surface area (TPSA) is 92.4 Å². The van der Waals surface area contributed by atoms with Crippen LogP contribution < -0.4 is 16.0 Å². The summed E-state index contributed by atoms with van der Waals surface area (Å²) in [4.78, 5) is 28.2. The van der Waals surface area contributed by atoms with E-state index in [1.165, 1.54) is 0 Å². The van der Waals surface area contributed by atoms with Crippen molar-refractivity contribution in [2.75, 3.05) is 23.8 Å². The fraction of sp³-hybridized carbons (Fsp3) is 0.316. The summed E-state index contributed by atoms with van der Waals surface area (Å²) in [7, 11) is 0. The van der Waals surface area contributed by atoms with E-state index in [1.54, 1.807) is 42.6 Å². The van der Waals surface area contributed by atoms with Gasteiger partial charge in [0.15, 0.2) is 0 Å². The monoisotopic (exact) mass is 354 g/mol. The van der Waals surface area contributed by atoms with Crippen molar-refractivity contribution >= 4 is 23.3 Å². The Kier molecular flexibility index (Phi) is 5.80. The Morgan fingerprint density at radius 3 is 2.46 bits per heavy atom. The SMILES string of the molecule is Cc1ccc(C(=O)Nc2ccc(NC(=O)NC[C@H]3CCCO3)cc2)cn1. The maximum atomic E-state index is 12.2. The molecule has 136 valence electrons. The Bertz CT molecular complexity index is 753. The molecule has 0 unspecified atom stereocenters. The lowest BCUT2D eigenvalue weighted by atomic mass is 10.2. The van der Waals surface area contributed by atoms with E-state index in [9.17, 15) is 9.59 Å². The minimum Gasteiger partial charge on any atom is -0.376 e. The van der Waals surface area contributed by atoms with Crippen molar-refractivity contribution in [3.8, 4) is 0 Å². The fourth-order valence-corrected chi connectivity index (χ4v) is 2.63. The first-order valence-corrected chi connectivity index (χ1v) is 8.61. The van der Waals surface area contributed by atoms with Crippen LogP contribution in [0.25, 0.3) is 0 Å². The zero-order valence-electron chi connectivity index (χ0n) is 14.6. The summed E-state index contributed by atoms with van der Waals surface area (Å²) in [6.45, 7) is 3.13. The van der Waals surface area contributed by atoms with Crippen molar-refractivity contribution < 1.29 is 14.3 Å². The number of nitrogens with one attached hydrogen (secondary N) is 3. The number of benzene rings is 1. The van der Waals surface area contributed by atoms with Crippen LogP contribution in [-0.4, -0.2) is 36.2 Å². The van der Waals surface area contributed by atoms with Gasteiger partial charge in [0, 0.05) is 36.4 Å². The van der Waals surface area contributed by atoms with Gasteiger partial charge in [-0.3, -0.25) is 9.78 Å². The highest BCUT2D eigenvalue weighted by atomic mass is 16.5. The van der Waals surface area contributed by atoms with E-state index >= 15 is 0 Å². The highest BCUT2D eigenvalue weighted by Gasteiger charge is 2.16. The van der Waals surface area contributed by atoms with Crippen LogP contribution in [0.4, 0.5) is 16.2 Å². The van der Waals surface area contributed by atoms with Crippen LogP contribution in [0.15, 0.2) is 42.6 Å². The van der Waals surface area contributed by atoms with Gasteiger partial charge in [-0.15, -0.1) is 0 Å². The molecule has 26 heavy (non-hydrogen) atoms. The molecule has 0 bridgehead atoms. The molecular formula is C19H22N4O3. The van der Waals surface area contributed by atoms with E-state index in [-0.39, 0.29) is 18.0 Å². The van der Waals surface area contributed by atoms with Crippen LogP contribution in [0, 0.1) is 6.92 Å². The number of nitrogens with zero attached hydrogens (tertiary/aromatic N) is 1. The van der Waals surface area contributed by atoms with Crippen LogP contribution in [-0.2, 0) is 4.74 Å². The lowest BCUT2D eigenvalue weighted by Crippen LogP contribution is -2.35. The number of hydrogen-bond acceptors (Lipinski definition) is 4. The van der Waals surface area contributed by atoms with E-state index in [2.05, 4.69) is 20.9 Å². The van der Waals surface area contributed by atoms with Gasteiger partial charge in [0.1, 0.15) is 0 Å². The van der Waals surface area contributed by atoms with Gasteiger partial charge in [0.2, 0.25) is 0 Å². The van der Waals surface area contributed by atoms with Crippen LogP contribution in [0.3, 0.4) is 0 Å². The number of pyridine rings is 1. The maximum absolute atomic E-state index is 12.2. The van der Waals surface area contributed by atoms with Gasteiger partial charge in [-0.05, 0) is 56.2 Å². The molecule has 1 saturated heterocycles. The maximum Gasteiger partial charge on any atom is 0.319 e. The summed E-state index contributed by atoms with van der Waals surface area (Å²) in [6.07, 6.45) is 3.67. The molecule has 1 aromatic carbocycles. The minimum absolute atomic E-state index is 0.106. The molecule has 0 radical (unpaired) electrons. The Morgan fingerprint density at radius 1 is 1.12 bits per heavy atom. The molecule has 2 aromatic rings. The van der Waals surface area contributed by atoms with Crippen molar-refractivity contribution in [2.45, 2.75) is 25.9 Å². The Morgan fingerprint density at radius 2 is 1.85 bits per heavy atom. The summed E-state index contributed by atoms with van der Waals surface area (Å²) in [5, 5.41) is 8.35. The summed E-state index contributed by atoms with van der Waals surface area (Å²) in [5.41, 5.74) is 2.63. The highest BCUT2D eigenvalue weighted by molar-refractivity contribution is 6.04. The number of aromatic nitrogens is 1. The quantitative estimate of drug-likeness (QED) is 0.770. The van der Waals surface area contributed by atoms with Crippen LogP contribution >= 0.6 is 0 Å². The zero-order valence-corrected chi connectivity index (χ0v) is 14.6. The molecule has 3 N–H and O–H groups in total. The molecule has 1 aliphatic heterocycles. The standard InChI is InChI=1S/C19H22N4O3/c1-13-4-5-14(11-20-13)18(24)22-15-6-8-16(9-7-15)23-19(25)21-12-17-3-2-10-26-17/h4-9,11,17H,2-3,10,12H2,1H3,(H,22,24)(H2,21,23,25)/t17-/m1/s1. The van der Waals surface area contributed by atoms with E-state index in [1.807, 2.05) is 6.92 Å². The first-order valence-electron chi connectivity index (χ1n) is 8.61. The normalized spacial score (nSPS) is 16.1. The van der Waals surface area contributed by atoms with Gasteiger partial charge in [-0.25, -0.2) is 4.79 Å². The number of anilines is 2. The third-order valence-corrected chi connectivity index (χ3v) is 4.09. The van der Waals surface area contributed by atoms with E-state index in [0.29, 0.717) is 23.5 Å². The fourth-order valence-electron chi connectivity index (χ4n) is 2.63. The Labute approximate surface area is 152 Å². The van der Waals surface area contributed by atoms with Gasteiger partial charge in [-0.1, -0.05) is 0 Å². The number of ether oxygens (including phenoxy) is 1. The molecule has 1 atom stereocenters. The van der Waals surface area contributed by atoms with Crippen LogP contribution in [0.5, 0.6) is 0 Å². The lowest BCUT2D eigenvalue weighted by Gasteiger charge is -2.12. The van der Waals surface area contributed by atoms with Crippen molar-refractivity contribution in [1.82, 2.24) is 10.3 Å². The Hall–Kier alpha value is -2.93. The second kappa shape index (κ2) is 8.44. The first-order chi connectivity index (χ1) is 12.6. The second-order valence-corrected chi connectivity index (χ2v) is 6.19. The minimum atomic E-state index is -0.275. The van der Waals surface area contributed by atoms with E-state index < -0.39 is 0 Å². The Balaban J connectivity index is 1.48. The third-order valence-electron chi connectivity index (χ3n) is 4.09. The molecule has 0 spiro atoms. The molecule has 1 fully saturated rings. The summed E-state index contributed by atoms with van der Waals surface area (Å²) in [5.74, 6) is -0.229. The molecule has 7 heteroatoms.